The molecule has 0 saturated heterocycles. The van der Waals surface area contributed by atoms with Gasteiger partial charge in [-0.3, -0.25) is 4.79 Å². The summed E-state index contributed by atoms with van der Waals surface area (Å²) >= 11 is 8.47. The summed E-state index contributed by atoms with van der Waals surface area (Å²) in [6.07, 6.45) is 2.48. The van der Waals surface area contributed by atoms with Crippen LogP contribution in [0.5, 0.6) is 0 Å². The topological polar surface area (TPSA) is 65.7 Å². The summed E-state index contributed by atoms with van der Waals surface area (Å²) in [6.45, 7) is 8.36. The number of hydrogen-bond donors (Lipinski definition) is 0. The molecule has 0 spiro atoms. The molecule has 0 aliphatic carbocycles. The van der Waals surface area contributed by atoms with E-state index in [1.54, 1.807) is 0 Å². The van der Waals surface area contributed by atoms with Crippen molar-refractivity contribution in [3.63, 3.8) is 0 Å². The quantitative estimate of drug-likeness (QED) is 0.397. The molecule has 1 aromatic rings. The Morgan fingerprint density at radius 2 is 2.26 bits per heavy atom. The average molecular weight is 393 g/mol. The third-order valence-electron chi connectivity index (χ3n) is 2.88. The maximum absolute atomic E-state index is 12.2. The molecule has 0 fully saturated rings. The van der Waals surface area contributed by atoms with Crippen molar-refractivity contribution in [2.45, 2.75) is 44.0 Å². The van der Waals surface area contributed by atoms with Crippen molar-refractivity contribution in [1.29, 1.82) is 0 Å². The SMILES string of the molecule is CCCSP(=S)(OCC)ON=C1n2c(nccc2=O)SC1(C)C. The largest absolute Gasteiger partial charge is 0.328 e. The number of nitrogens with zero attached hydrogens (tertiary/aromatic N) is 3. The Hall–Kier alpha value is -0.340. The highest BCUT2D eigenvalue weighted by Gasteiger charge is 2.39. The van der Waals surface area contributed by atoms with Crippen LogP contribution in [0.15, 0.2) is 27.4 Å². The van der Waals surface area contributed by atoms with Crippen LogP contribution < -0.4 is 5.56 Å². The third kappa shape index (κ3) is 4.39. The van der Waals surface area contributed by atoms with Crippen LogP contribution in [-0.4, -0.2) is 32.5 Å². The van der Waals surface area contributed by atoms with Crippen LogP contribution >= 0.6 is 28.8 Å². The van der Waals surface area contributed by atoms with Crippen LogP contribution in [0.1, 0.15) is 34.1 Å². The molecule has 23 heavy (non-hydrogen) atoms. The number of aromatic nitrogens is 2. The van der Waals surface area contributed by atoms with E-state index in [9.17, 15) is 4.79 Å². The third-order valence-corrected chi connectivity index (χ3v) is 9.28. The molecule has 1 aliphatic rings. The zero-order valence-corrected chi connectivity index (χ0v) is 16.9. The van der Waals surface area contributed by atoms with Crippen molar-refractivity contribution in [2.24, 2.45) is 5.16 Å². The molecule has 1 unspecified atom stereocenters. The van der Waals surface area contributed by atoms with Gasteiger partial charge >= 0.3 is 5.69 Å². The van der Waals surface area contributed by atoms with Gasteiger partial charge in [-0.1, -0.05) is 35.2 Å². The lowest BCUT2D eigenvalue weighted by Gasteiger charge is -2.20. The summed E-state index contributed by atoms with van der Waals surface area (Å²) in [6, 6.07) is 1.41. The summed E-state index contributed by atoms with van der Waals surface area (Å²) in [5.41, 5.74) is -2.73. The molecule has 0 saturated carbocycles. The Morgan fingerprint density at radius 1 is 1.52 bits per heavy atom. The predicted octanol–water partition coefficient (Wildman–Crippen LogP) is 3.71. The molecule has 2 rings (SSSR count). The van der Waals surface area contributed by atoms with Crippen molar-refractivity contribution >= 4 is 46.5 Å². The number of thioether (sulfide) groups is 1. The number of fused-ring (bicyclic) bond motifs is 1. The second kappa shape index (κ2) is 7.70. The molecule has 1 atom stereocenters. The zero-order chi connectivity index (χ0) is 17.1. The molecule has 2 heterocycles. The molecule has 6 nitrogen and oxygen atoms in total. The molecule has 0 N–H and O–H groups in total. The van der Waals surface area contributed by atoms with E-state index in [1.807, 2.05) is 20.8 Å². The summed E-state index contributed by atoms with van der Waals surface area (Å²) in [7, 11) is 0. The molecule has 0 aromatic carbocycles. The van der Waals surface area contributed by atoms with Gasteiger partial charge in [0.2, 0.25) is 0 Å². The van der Waals surface area contributed by atoms with Gasteiger partial charge in [0.15, 0.2) is 11.0 Å². The highest BCUT2D eigenvalue weighted by molar-refractivity contribution is 8.67. The Bertz CT molecular complexity index is 705. The zero-order valence-electron chi connectivity index (χ0n) is 13.5. The Kier molecular flexibility index (Phi) is 6.35. The summed E-state index contributed by atoms with van der Waals surface area (Å²) in [5.74, 6) is 1.35. The first-order valence-electron chi connectivity index (χ1n) is 7.27. The Labute approximate surface area is 149 Å². The molecule has 10 heteroatoms. The lowest BCUT2D eigenvalue weighted by atomic mass is 10.2. The van der Waals surface area contributed by atoms with Gasteiger partial charge in [0.05, 0.1) is 11.4 Å². The van der Waals surface area contributed by atoms with E-state index >= 15 is 0 Å². The summed E-state index contributed by atoms with van der Waals surface area (Å²) < 4.78 is 12.3. The van der Waals surface area contributed by atoms with Crippen LogP contribution in [-0.2, 0) is 21.0 Å². The van der Waals surface area contributed by atoms with Crippen molar-refractivity contribution in [2.75, 3.05) is 12.4 Å². The van der Waals surface area contributed by atoms with Crippen LogP contribution in [0.3, 0.4) is 0 Å². The molecule has 0 amide bonds. The smallest absolute Gasteiger partial charge is 0.322 e. The fraction of sp³-hybridized carbons (Fsp3) is 0.615. The minimum Gasteiger partial charge on any atom is -0.328 e. The van der Waals surface area contributed by atoms with E-state index in [4.69, 9.17) is 21.0 Å². The van der Waals surface area contributed by atoms with Crippen LogP contribution in [0.4, 0.5) is 0 Å². The van der Waals surface area contributed by atoms with Gasteiger partial charge in [0.25, 0.3) is 5.56 Å². The molecule has 0 radical (unpaired) electrons. The highest BCUT2D eigenvalue weighted by Crippen LogP contribution is 2.61. The standard InChI is InChI=1S/C13H20N3O3PS3/c1-5-9-22-20(21,18-6-2)19-15-11-13(3,4)23-12-14-8-7-10(17)16(11)12/h7-8H,5-6,9H2,1-4H3. The van der Waals surface area contributed by atoms with E-state index in [0.29, 0.717) is 17.6 Å². The predicted molar refractivity (Wildman–Crippen MR) is 101 cm³/mol. The number of hydrogen-bond acceptors (Lipinski definition) is 8. The van der Waals surface area contributed by atoms with Crippen LogP contribution in [0.2, 0.25) is 0 Å². The minimum atomic E-state index is -2.55. The van der Waals surface area contributed by atoms with E-state index in [2.05, 4.69) is 17.1 Å². The van der Waals surface area contributed by atoms with Crippen LogP contribution in [0.25, 0.3) is 0 Å². The van der Waals surface area contributed by atoms with Gasteiger partial charge < -0.3 is 9.15 Å². The van der Waals surface area contributed by atoms with E-state index in [1.165, 1.54) is 40.0 Å². The second-order valence-electron chi connectivity index (χ2n) is 5.21. The van der Waals surface area contributed by atoms with Gasteiger partial charge in [0, 0.05) is 18.0 Å². The van der Waals surface area contributed by atoms with Gasteiger partial charge in [-0.25, -0.2) is 9.55 Å². The van der Waals surface area contributed by atoms with E-state index in [-0.39, 0.29) is 5.56 Å². The lowest BCUT2D eigenvalue weighted by molar-refractivity contribution is 0.278. The monoisotopic (exact) mass is 393 g/mol. The molecular weight excluding hydrogens is 373 g/mol. The van der Waals surface area contributed by atoms with Gasteiger partial charge in [-0.2, -0.15) is 0 Å². The molecule has 1 aliphatic heterocycles. The maximum Gasteiger partial charge on any atom is 0.322 e. The first-order chi connectivity index (χ1) is 10.8. The van der Waals surface area contributed by atoms with Gasteiger partial charge in [0.1, 0.15) is 0 Å². The summed E-state index contributed by atoms with van der Waals surface area (Å²) in [5, 5.41) is 4.85. The summed E-state index contributed by atoms with van der Waals surface area (Å²) in [4.78, 5) is 16.4. The Morgan fingerprint density at radius 3 is 2.91 bits per heavy atom. The normalized spacial score (nSPS) is 20.3. The van der Waals surface area contributed by atoms with Gasteiger partial charge in [-0.05, 0) is 39.0 Å². The molecule has 1 aromatic heterocycles. The van der Waals surface area contributed by atoms with Crippen LogP contribution in [0, 0.1) is 0 Å². The maximum atomic E-state index is 12.2. The average Bonchev–Trinajstić information content (AvgIpc) is 2.74. The fourth-order valence-electron chi connectivity index (χ4n) is 1.89. The van der Waals surface area contributed by atoms with Crippen molar-refractivity contribution in [3.05, 3.63) is 22.6 Å². The second-order valence-corrected chi connectivity index (χ2v) is 13.1. The lowest BCUT2D eigenvalue weighted by Crippen LogP contribution is -2.34. The number of oxime groups is 1. The molecule has 128 valence electrons. The van der Waals surface area contributed by atoms with Crippen molar-refractivity contribution in [1.82, 2.24) is 9.55 Å². The minimum absolute atomic E-state index is 0.179. The molecular formula is C13H20N3O3PS3. The first-order valence-corrected chi connectivity index (χ1v) is 12.3. The number of rotatable bonds is 7. The van der Waals surface area contributed by atoms with E-state index in [0.717, 1.165) is 12.2 Å². The highest BCUT2D eigenvalue weighted by atomic mass is 32.9. The fourth-order valence-corrected chi connectivity index (χ4v) is 7.10. The Balaban J connectivity index is 2.34. The van der Waals surface area contributed by atoms with E-state index < -0.39 is 10.4 Å². The van der Waals surface area contributed by atoms with Crippen molar-refractivity contribution in [3.8, 4) is 0 Å². The van der Waals surface area contributed by atoms with Crippen molar-refractivity contribution < 1.29 is 9.15 Å². The first kappa shape index (κ1) is 19.0. The molecule has 0 bridgehead atoms. The van der Waals surface area contributed by atoms with Gasteiger partial charge in [-0.15, -0.1) is 0 Å².